The highest BCUT2D eigenvalue weighted by Crippen LogP contribution is 2.17. The van der Waals surface area contributed by atoms with Gasteiger partial charge >= 0.3 is 0 Å². The largest absolute Gasteiger partial charge is 0.378 e. The number of benzene rings is 1. The van der Waals surface area contributed by atoms with Crippen molar-refractivity contribution in [3.8, 4) is 0 Å². The molecule has 0 fully saturated rings. The van der Waals surface area contributed by atoms with Gasteiger partial charge in [0.1, 0.15) is 5.82 Å². The van der Waals surface area contributed by atoms with Crippen molar-refractivity contribution in [3.63, 3.8) is 0 Å². The summed E-state index contributed by atoms with van der Waals surface area (Å²) in [4.78, 5) is 0. The first kappa shape index (κ1) is 12.4. The quantitative estimate of drug-likeness (QED) is 0.856. The molecule has 96 valence electrons. The van der Waals surface area contributed by atoms with Crippen LogP contribution in [-0.2, 0) is 13.6 Å². The predicted octanol–water partition coefficient (Wildman–Crippen LogP) is 2.15. The maximum absolute atomic E-state index is 13.0. The standard InChI is InChI=1S/C11H11F3N4/c1-6-16-17-10(18(6)2)5-15-7-3-8(12)11(14)9(13)4-7/h3-4,15H,5H2,1-2H3. The Labute approximate surface area is 101 Å². The highest BCUT2D eigenvalue weighted by atomic mass is 19.2. The number of aromatic nitrogens is 3. The van der Waals surface area contributed by atoms with Crippen LogP contribution in [0.2, 0.25) is 0 Å². The van der Waals surface area contributed by atoms with Crippen LogP contribution >= 0.6 is 0 Å². The van der Waals surface area contributed by atoms with Gasteiger partial charge in [-0.3, -0.25) is 0 Å². The molecule has 0 aliphatic heterocycles. The number of anilines is 1. The molecule has 0 bridgehead atoms. The molecule has 0 amide bonds. The number of nitrogens with one attached hydrogen (secondary N) is 1. The van der Waals surface area contributed by atoms with E-state index in [4.69, 9.17) is 0 Å². The zero-order valence-electron chi connectivity index (χ0n) is 9.84. The SMILES string of the molecule is Cc1nnc(CNc2cc(F)c(F)c(F)c2)n1C. The molecule has 0 unspecified atom stereocenters. The predicted molar refractivity (Wildman–Crippen MR) is 59.4 cm³/mol. The van der Waals surface area contributed by atoms with Crippen molar-refractivity contribution in [2.45, 2.75) is 13.5 Å². The Morgan fingerprint density at radius 3 is 2.28 bits per heavy atom. The Kier molecular flexibility index (Phi) is 3.22. The van der Waals surface area contributed by atoms with Crippen LogP contribution in [0.1, 0.15) is 11.6 Å². The number of rotatable bonds is 3. The van der Waals surface area contributed by atoms with Gasteiger partial charge in [-0.1, -0.05) is 0 Å². The molecule has 0 aliphatic rings. The summed E-state index contributed by atoms with van der Waals surface area (Å²) in [5.41, 5.74) is 0.145. The zero-order valence-corrected chi connectivity index (χ0v) is 9.84. The van der Waals surface area contributed by atoms with E-state index in [-0.39, 0.29) is 12.2 Å². The van der Waals surface area contributed by atoms with Gasteiger partial charge in [-0.15, -0.1) is 10.2 Å². The molecule has 1 heterocycles. The monoisotopic (exact) mass is 256 g/mol. The van der Waals surface area contributed by atoms with E-state index < -0.39 is 17.5 Å². The first-order valence-corrected chi connectivity index (χ1v) is 5.22. The van der Waals surface area contributed by atoms with Crippen molar-refractivity contribution in [2.75, 3.05) is 5.32 Å². The minimum absolute atomic E-state index is 0.145. The molecule has 1 aromatic carbocycles. The summed E-state index contributed by atoms with van der Waals surface area (Å²) in [5.74, 6) is -2.60. The summed E-state index contributed by atoms with van der Waals surface area (Å²) in [6.07, 6.45) is 0. The van der Waals surface area contributed by atoms with Crippen LogP contribution in [0.25, 0.3) is 0 Å². The molecule has 0 radical (unpaired) electrons. The summed E-state index contributed by atoms with van der Waals surface area (Å²) >= 11 is 0. The van der Waals surface area contributed by atoms with Gasteiger partial charge in [0, 0.05) is 24.9 Å². The number of aryl methyl sites for hydroxylation is 1. The van der Waals surface area contributed by atoms with Gasteiger partial charge in [-0.25, -0.2) is 13.2 Å². The van der Waals surface area contributed by atoms with Crippen LogP contribution in [0.5, 0.6) is 0 Å². The molecule has 4 nitrogen and oxygen atoms in total. The van der Waals surface area contributed by atoms with Crippen LogP contribution in [0.3, 0.4) is 0 Å². The summed E-state index contributed by atoms with van der Waals surface area (Å²) in [7, 11) is 1.78. The van der Waals surface area contributed by atoms with E-state index in [9.17, 15) is 13.2 Å². The lowest BCUT2D eigenvalue weighted by Gasteiger charge is -2.07. The molecular weight excluding hydrogens is 245 g/mol. The summed E-state index contributed by atoms with van der Waals surface area (Å²) in [6.45, 7) is 2.02. The number of hydrogen-bond donors (Lipinski definition) is 1. The Balaban J connectivity index is 2.13. The lowest BCUT2D eigenvalue weighted by molar-refractivity contribution is 0.447. The fourth-order valence-electron chi connectivity index (χ4n) is 1.44. The molecule has 0 saturated carbocycles. The fraction of sp³-hybridized carbons (Fsp3) is 0.273. The van der Waals surface area contributed by atoms with Crippen molar-refractivity contribution >= 4 is 5.69 Å². The van der Waals surface area contributed by atoms with Crippen molar-refractivity contribution < 1.29 is 13.2 Å². The van der Waals surface area contributed by atoms with E-state index in [1.807, 2.05) is 0 Å². The summed E-state index contributed by atoms with van der Waals surface area (Å²) in [6, 6.07) is 1.78. The van der Waals surface area contributed by atoms with Gasteiger partial charge in [0.15, 0.2) is 23.3 Å². The first-order valence-electron chi connectivity index (χ1n) is 5.22. The fourth-order valence-corrected chi connectivity index (χ4v) is 1.44. The van der Waals surface area contributed by atoms with Crippen LogP contribution < -0.4 is 5.32 Å². The average molecular weight is 256 g/mol. The Hall–Kier alpha value is -2.05. The molecule has 1 N–H and O–H groups in total. The molecule has 2 rings (SSSR count). The second kappa shape index (κ2) is 4.67. The number of halogens is 3. The lowest BCUT2D eigenvalue weighted by atomic mass is 10.3. The Morgan fingerprint density at radius 1 is 1.17 bits per heavy atom. The van der Waals surface area contributed by atoms with Gasteiger partial charge in [-0.05, 0) is 6.92 Å². The van der Waals surface area contributed by atoms with E-state index in [1.54, 1.807) is 18.5 Å². The highest BCUT2D eigenvalue weighted by molar-refractivity contribution is 5.44. The molecule has 1 aromatic heterocycles. The lowest BCUT2D eigenvalue weighted by Crippen LogP contribution is -2.07. The maximum atomic E-state index is 13.0. The average Bonchev–Trinajstić information content (AvgIpc) is 2.64. The molecule has 18 heavy (non-hydrogen) atoms. The van der Waals surface area contributed by atoms with Crippen molar-refractivity contribution in [1.82, 2.24) is 14.8 Å². The topological polar surface area (TPSA) is 42.7 Å². The molecule has 7 heteroatoms. The van der Waals surface area contributed by atoms with Crippen LogP contribution in [-0.4, -0.2) is 14.8 Å². The zero-order chi connectivity index (χ0) is 13.3. The molecule has 0 spiro atoms. The Bertz CT molecular complexity index is 557. The molecule has 0 atom stereocenters. The van der Waals surface area contributed by atoms with Crippen molar-refractivity contribution in [2.24, 2.45) is 7.05 Å². The Morgan fingerprint density at radius 2 is 1.78 bits per heavy atom. The van der Waals surface area contributed by atoms with E-state index >= 15 is 0 Å². The van der Waals surface area contributed by atoms with Gasteiger partial charge in [0.2, 0.25) is 0 Å². The molecule has 2 aromatic rings. The summed E-state index contributed by atoms with van der Waals surface area (Å²) in [5, 5.41) is 10.5. The third-order valence-electron chi connectivity index (χ3n) is 2.62. The van der Waals surface area contributed by atoms with E-state index in [0.29, 0.717) is 5.82 Å². The molecule has 0 aliphatic carbocycles. The van der Waals surface area contributed by atoms with E-state index in [0.717, 1.165) is 18.0 Å². The van der Waals surface area contributed by atoms with E-state index in [2.05, 4.69) is 15.5 Å². The van der Waals surface area contributed by atoms with Gasteiger partial charge in [0.25, 0.3) is 0 Å². The third kappa shape index (κ3) is 2.29. The van der Waals surface area contributed by atoms with Crippen molar-refractivity contribution in [3.05, 3.63) is 41.2 Å². The highest BCUT2D eigenvalue weighted by Gasteiger charge is 2.11. The second-order valence-corrected chi connectivity index (χ2v) is 3.83. The maximum Gasteiger partial charge on any atom is 0.194 e. The van der Waals surface area contributed by atoms with Gasteiger partial charge in [-0.2, -0.15) is 0 Å². The van der Waals surface area contributed by atoms with E-state index in [1.165, 1.54) is 0 Å². The second-order valence-electron chi connectivity index (χ2n) is 3.83. The number of nitrogens with zero attached hydrogens (tertiary/aromatic N) is 3. The normalized spacial score (nSPS) is 10.7. The van der Waals surface area contributed by atoms with Gasteiger partial charge < -0.3 is 9.88 Å². The first-order chi connectivity index (χ1) is 8.49. The molecular formula is C11H11F3N4. The summed E-state index contributed by atoms with van der Waals surface area (Å²) < 4.78 is 40.4. The van der Waals surface area contributed by atoms with Gasteiger partial charge in [0.05, 0.1) is 6.54 Å². The van der Waals surface area contributed by atoms with Crippen LogP contribution in [0, 0.1) is 24.4 Å². The van der Waals surface area contributed by atoms with Crippen LogP contribution in [0.15, 0.2) is 12.1 Å². The molecule has 0 saturated heterocycles. The number of hydrogen-bond acceptors (Lipinski definition) is 3. The smallest absolute Gasteiger partial charge is 0.194 e. The van der Waals surface area contributed by atoms with Crippen molar-refractivity contribution in [1.29, 1.82) is 0 Å². The minimum Gasteiger partial charge on any atom is -0.378 e. The minimum atomic E-state index is -1.48. The third-order valence-corrected chi connectivity index (χ3v) is 2.62. The van der Waals surface area contributed by atoms with Crippen LogP contribution in [0.4, 0.5) is 18.9 Å².